The van der Waals surface area contributed by atoms with Crippen LogP contribution in [0.4, 0.5) is 0 Å². The molecule has 2 heterocycles. The minimum atomic E-state index is 0.700. The largest absolute Gasteiger partial charge is 0.309 e. The number of rotatable bonds is 4. The first-order valence-corrected chi connectivity index (χ1v) is 18.1. The summed E-state index contributed by atoms with van der Waals surface area (Å²) in [6.45, 7) is 0. The van der Waals surface area contributed by atoms with E-state index >= 15 is 0 Å². The average molecular weight is 674 g/mol. The van der Waals surface area contributed by atoms with E-state index in [4.69, 9.17) is 9.97 Å². The number of benzene rings is 9. The third kappa shape index (κ3) is 4.75. The summed E-state index contributed by atoms with van der Waals surface area (Å²) in [5.41, 5.74) is 8.40. The van der Waals surface area contributed by atoms with E-state index in [0.29, 0.717) is 5.82 Å². The lowest BCUT2D eigenvalue weighted by atomic mass is 9.96. The first kappa shape index (κ1) is 29.6. The molecule has 246 valence electrons. The first-order chi connectivity index (χ1) is 26.3. The maximum atomic E-state index is 5.19. The molecule has 0 bridgehead atoms. The highest BCUT2D eigenvalue weighted by Crippen LogP contribution is 2.43. The van der Waals surface area contributed by atoms with Crippen molar-refractivity contribution in [1.29, 1.82) is 0 Å². The van der Waals surface area contributed by atoms with Crippen molar-refractivity contribution in [2.24, 2.45) is 0 Å². The molecule has 0 saturated heterocycles. The van der Waals surface area contributed by atoms with Crippen LogP contribution in [0, 0.1) is 0 Å². The number of aromatic nitrogens is 3. The van der Waals surface area contributed by atoms with E-state index in [1.54, 1.807) is 0 Å². The van der Waals surface area contributed by atoms with Crippen LogP contribution in [0.1, 0.15) is 0 Å². The Labute approximate surface area is 306 Å². The molecule has 9 aromatic carbocycles. The summed E-state index contributed by atoms with van der Waals surface area (Å²) in [7, 11) is 0. The van der Waals surface area contributed by atoms with E-state index in [1.165, 1.54) is 64.9 Å². The van der Waals surface area contributed by atoms with Crippen molar-refractivity contribution in [3.8, 4) is 39.6 Å². The maximum absolute atomic E-state index is 5.19. The molecule has 3 heteroatoms. The van der Waals surface area contributed by atoms with Gasteiger partial charge in [0.25, 0.3) is 0 Å². The molecule has 0 N–H and O–H groups in total. The van der Waals surface area contributed by atoms with E-state index in [9.17, 15) is 0 Å². The molecular weight excluding hydrogens is 643 g/mol. The summed E-state index contributed by atoms with van der Waals surface area (Å²) in [5, 5.41) is 12.4. The van der Waals surface area contributed by atoms with Gasteiger partial charge in [0.1, 0.15) is 0 Å². The molecule has 3 nitrogen and oxygen atoms in total. The Kier molecular flexibility index (Phi) is 6.55. The molecular formula is C50H31N3. The minimum Gasteiger partial charge on any atom is -0.309 e. The van der Waals surface area contributed by atoms with Crippen LogP contribution in [0.25, 0.3) is 104 Å². The molecule has 53 heavy (non-hydrogen) atoms. The van der Waals surface area contributed by atoms with E-state index in [-0.39, 0.29) is 0 Å². The highest BCUT2D eigenvalue weighted by Gasteiger charge is 2.20. The molecule has 0 fully saturated rings. The Morgan fingerprint density at radius 2 is 0.887 bits per heavy atom. The summed E-state index contributed by atoms with van der Waals surface area (Å²) in [6.07, 6.45) is 0. The zero-order valence-electron chi connectivity index (χ0n) is 28.7. The molecule has 0 spiro atoms. The lowest BCUT2D eigenvalue weighted by molar-refractivity contribution is 1.17. The second kappa shape index (κ2) is 11.7. The fourth-order valence-electron chi connectivity index (χ4n) is 8.22. The predicted molar refractivity (Wildman–Crippen MR) is 223 cm³/mol. The second-order valence-electron chi connectivity index (χ2n) is 13.8. The molecule has 0 saturated carbocycles. The molecule has 0 radical (unpaired) electrons. The molecule has 0 aliphatic heterocycles. The van der Waals surface area contributed by atoms with E-state index < -0.39 is 0 Å². The lowest BCUT2D eigenvalue weighted by Crippen LogP contribution is -1.98. The molecule has 0 amide bonds. The Morgan fingerprint density at radius 1 is 0.340 bits per heavy atom. The molecule has 0 unspecified atom stereocenters. The van der Waals surface area contributed by atoms with Crippen molar-refractivity contribution in [3.63, 3.8) is 0 Å². The lowest BCUT2D eigenvalue weighted by Gasteiger charge is -2.13. The van der Waals surface area contributed by atoms with Crippen molar-refractivity contribution in [2.45, 2.75) is 0 Å². The average Bonchev–Trinajstić information content (AvgIpc) is 3.57. The summed E-state index contributed by atoms with van der Waals surface area (Å²) in [6, 6.07) is 67.3. The number of nitrogens with zero attached hydrogens (tertiary/aromatic N) is 3. The quantitative estimate of drug-likeness (QED) is 0.174. The summed E-state index contributed by atoms with van der Waals surface area (Å²) in [4.78, 5) is 10.3. The molecule has 0 aliphatic carbocycles. The van der Waals surface area contributed by atoms with E-state index in [2.05, 4.69) is 187 Å². The Morgan fingerprint density at radius 3 is 1.62 bits per heavy atom. The van der Waals surface area contributed by atoms with Crippen LogP contribution in [0.2, 0.25) is 0 Å². The van der Waals surface area contributed by atoms with Gasteiger partial charge in [0, 0.05) is 38.5 Å². The van der Waals surface area contributed by atoms with Crippen LogP contribution in [0.15, 0.2) is 188 Å². The maximum Gasteiger partial charge on any atom is 0.160 e. The van der Waals surface area contributed by atoms with Gasteiger partial charge in [0.05, 0.1) is 22.4 Å². The predicted octanol–water partition coefficient (Wildman–Crippen LogP) is 13.2. The van der Waals surface area contributed by atoms with Crippen molar-refractivity contribution >= 4 is 64.9 Å². The van der Waals surface area contributed by atoms with Crippen molar-refractivity contribution in [1.82, 2.24) is 14.5 Å². The Balaban J connectivity index is 1.14. The summed E-state index contributed by atoms with van der Waals surface area (Å²) in [5.74, 6) is 0.700. The van der Waals surface area contributed by atoms with Crippen LogP contribution in [0.5, 0.6) is 0 Å². The SMILES string of the molecule is c1ccc(-c2cc(-c3ccc4ccccc4c3)nc(-c3ccc(-n4c5cc6ccccc6cc5c5c6ccccc6c6ccccc6c54)cc3)n2)cc1. The van der Waals surface area contributed by atoms with E-state index in [0.717, 1.165) is 33.8 Å². The van der Waals surface area contributed by atoms with Crippen molar-refractivity contribution < 1.29 is 0 Å². The highest BCUT2D eigenvalue weighted by atomic mass is 15.0. The van der Waals surface area contributed by atoms with Gasteiger partial charge in [-0.2, -0.15) is 0 Å². The van der Waals surface area contributed by atoms with Gasteiger partial charge in [0.2, 0.25) is 0 Å². The van der Waals surface area contributed by atoms with Crippen molar-refractivity contribution in [3.05, 3.63) is 188 Å². The standard InChI is InChI=1S/C50H31N3/c1-2-13-33(14-3-1)45-31-46(38-23-22-32-12-4-5-15-35(32)28-38)52-50(51-45)34-24-26-39(27-25-34)53-47-30-37-17-7-6-16-36(37)29-44(47)48-42-20-10-8-18-40(42)41-19-9-11-21-43(41)49(48)53/h1-31H. The zero-order valence-corrected chi connectivity index (χ0v) is 28.7. The molecule has 11 rings (SSSR count). The van der Waals surface area contributed by atoms with Crippen LogP contribution in [-0.2, 0) is 0 Å². The number of hydrogen-bond donors (Lipinski definition) is 0. The Hall–Kier alpha value is -7.10. The van der Waals surface area contributed by atoms with Crippen LogP contribution >= 0.6 is 0 Å². The highest BCUT2D eigenvalue weighted by molar-refractivity contribution is 6.33. The topological polar surface area (TPSA) is 30.7 Å². The minimum absolute atomic E-state index is 0.700. The zero-order chi connectivity index (χ0) is 34.9. The Bertz CT molecular complexity index is 3210. The van der Waals surface area contributed by atoms with Gasteiger partial charge in [-0.3, -0.25) is 0 Å². The van der Waals surface area contributed by atoms with Crippen LogP contribution in [-0.4, -0.2) is 14.5 Å². The monoisotopic (exact) mass is 673 g/mol. The summed E-state index contributed by atoms with van der Waals surface area (Å²) < 4.78 is 2.46. The fourth-order valence-corrected chi connectivity index (χ4v) is 8.22. The first-order valence-electron chi connectivity index (χ1n) is 18.1. The van der Waals surface area contributed by atoms with Gasteiger partial charge >= 0.3 is 0 Å². The van der Waals surface area contributed by atoms with Gasteiger partial charge in [-0.25, -0.2) is 9.97 Å². The summed E-state index contributed by atoms with van der Waals surface area (Å²) >= 11 is 0. The molecule has 0 aliphatic rings. The van der Waals surface area contributed by atoms with Gasteiger partial charge < -0.3 is 4.57 Å². The van der Waals surface area contributed by atoms with Crippen molar-refractivity contribution in [2.75, 3.05) is 0 Å². The normalized spacial score (nSPS) is 11.8. The smallest absolute Gasteiger partial charge is 0.160 e. The third-order valence-corrected chi connectivity index (χ3v) is 10.7. The number of hydrogen-bond acceptors (Lipinski definition) is 2. The van der Waals surface area contributed by atoms with Crippen LogP contribution in [0.3, 0.4) is 0 Å². The molecule has 0 atom stereocenters. The third-order valence-electron chi connectivity index (χ3n) is 10.7. The molecule has 2 aromatic heterocycles. The van der Waals surface area contributed by atoms with Gasteiger partial charge in [-0.1, -0.05) is 140 Å². The fraction of sp³-hybridized carbons (Fsp3) is 0. The second-order valence-corrected chi connectivity index (χ2v) is 13.8. The molecule has 11 aromatic rings. The number of fused-ring (bicyclic) bond motifs is 10. The van der Waals surface area contributed by atoms with Gasteiger partial charge in [0.15, 0.2) is 5.82 Å². The van der Waals surface area contributed by atoms with Gasteiger partial charge in [-0.15, -0.1) is 0 Å². The van der Waals surface area contributed by atoms with Gasteiger partial charge in [-0.05, 0) is 86.2 Å². The van der Waals surface area contributed by atoms with Crippen LogP contribution < -0.4 is 0 Å². The van der Waals surface area contributed by atoms with E-state index in [1.807, 2.05) is 6.07 Å².